The second-order valence-corrected chi connectivity index (χ2v) is 4.78. The van der Waals surface area contributed by atoms with Gasteiger partial charge in [0.15, 0.2) is 6.29 Å². The van der Waals surface area contributed by atoms with Gasteiger partial charge in [0.1, 0.15) is 6.61 Å². The van der Waals surface area contributed by atoms with E-state index in [1.807, 2.05) is 37.3 Å². The zero-order valence-corrected chi connectivity index (χ0v) is 12.9. The molecule has 0 unspecified atom stereocenters. The molecule has 0 aliphatic carbocycles. The maximum absolute atomic E-state index is 12.2. The smallest absolute Gasteiger partial charge is 0.410 e. The van der Waals surface area contributed by atoms with Gasteiger partial charge in [-0.1, -0.05) is 42.5 Å². The van der Waals surface area contributed by atoms with Crippen molar-refractivity contribution in [1.82, 2.24) is 4.90 Å². The summed E-state index contributed by atoms with van der Waals surface area (Å²) >= 11 is 0. The minimum Gasteiger partial charge on any atom is -0.445 e. The van der Waals surface area contributed by atoms with E-state index >= 15 is 0 Å². The molecule has 1 aromatic rings. The first kappa shape index (κ1) is 17.2. The molecule has 0 N–H and O–H groups in total. The predicted octanol–water partition coefficient (Wildman–Crippen LogP) is 2.82. The van der Waals surface area contributed by atoms with Gasteiger partial charge < -0.3 is 14.2 Å². The summed E-state index contributed by atoms with van der Waals surface area (Å²) in [5, 5.41) is 0. The van der Waals surface area contributed by atoms with Crippen LogP contribution in [0, 0.1) is 0 Å². The second kappa shape index (κ2) is 9.15. The van der Waals surface area contributed by atoms with Crippen LogP contribution in [0.1, 0.15) is 12.5 Å². The largest absolute Gasteiger partial charge is 0.445 e. The number of amides is 1. The minimum absolute atomic E-state index is 0.233. The van der Waals surface area contributed by atoms with E-state index in [1.54, 1.807) is 0 Å². The zero-order valence-electron chi connectivity index (χ0n) is 12.9. The number of rotatable bonds is 8. The predicted molar refractivity (Wildman–Crippen MR) is 80.8 cm³/mol. The van der Waals surface area contributed by atoms with Crippen LogP contribution in [0.2, 0.25) is 0 Å². The molecule has 5 heteroatoms. The summed E-state index contributed by atoms with van der Waals surface area (Å²) in [7, 11) is 3.06. The first-order chi connectivity index (χ1) is 10.1. The van der Waals surface area contributed by atoms with Crippen LogP contribution in [0.5, 0.6) is 0 Å². The van der Waals surface area contributed by atoms with E-state index in [2.05, 4.69) is 6.58 Å². The maximum atomic E-state index is 12.2. The molecular weight excluding hydrogens is 270 g/mol. The van der Waals surface area contributed by atoms with E-state index in [-0.39, 0.29) is 13.2 Å². The molecule has 0 heterocycles. The lowest BCUT2D eigenvalue weighted by Crippen LogP contribution is -2.40. The summed E-state index contributed by atoms with van der Waals surface area (Å²) in [4.78, 5) is 13.7. The van der Waals surface area contributed by atoms with Crippen LogP contribution in [-0.2, 0) is 20.8 Å². The Bertz CT molecular complexity index is 443. The van der Waals surface area contributed by atoms with Gasteiger partial charge in [-0.25, -0.2) is 4.79 Å². The van der Waals surface area contributed by atoms with Crippen LogP contribution in [0.4, 0.5) is 4.79 Å². The van der Waals surface area contributed by atoms with E-state index in [1.165, 1.54) is 19.1 Å². The lowest BCUT2D eigenvalue weighted by molar-refractivity contribution is -0.113. The number of carbonyl (C=O) groups excluding carboxylic acids is 1. The lowest BCUT2D eigenvalue weighted by Gasteiger charge is -2.25. The summed E-state index contributed by atoms with van der Waals surface area (Å²) < 4.78 is 15.6. The maximum Gasteiger partial charge on any atom is 0.410 e. The van der Waals surface area contributed by atoms with Crippen LogP contribution < -0.4 is 0 Å². The lowest BCUT2D eigenvalue weighted by atomic mass is 10.2. The van der Waals surface area contributed by atoms with Crippen molar-refractivity contribution in [2.45, 2.75) is 19.8 Å². The Morgan fingerprint density at radius 1 is 1.24 bits per heavy atom. The van der Waals surface area contributed by atoms with E-state index in [4.69, 9.17) is 14.2 Å². The molecule has 0 atom stereocenters. The fourth-order valence-electron chi connectivity index (χ4n) is 1.77. The molecule has 0 aliphatic heterocycles. The molecule has 5 nitrogen and oxygen atoms in total. The molecule has 0 aliphatic rings. The standard InChI is InChI=1S/C16H23NO4/c1-13(2)10-17(11-15(19-3)20-4)16(18)21-12-14-8-6-5-7-9-14/h5-9,15H,1,10-12H2,2-4H3. The molecule has 0 bridgehead atoms. The van der Waals surface area contributed by atoms with Crippen molar-refractivity contribution >= 4 is 6.09 Å². The number of ether oxygens (including phenoxy) is 3. The van der Waals surface area contributed by atoms with Gasteiger partial charge >= 0.3 is 6.09 Å². The highest BCUT2D eigenvalue weighted by molar-refractivity contribution is 5.68. The second-order valence-electron chi connectivity index (χ2n) is 4.78. The highest BCUT2D eigenvalue weighted by Crippen LogP contribution is 2.07. The van der Waals surface area contributed by atoms with E-state index in [0.717, 1.165) is 11.1 Å². The van der Waals surface area contributed by atoms with Crippen molar-refractivity contribution in [2.75, 3.05) is 27.3 Å². The highest BCUT2D eigenvalue weighted by Gasteiger charge is 2.20. The number of methoxy groups -OCH3 is 2. The van der Waals surface area contributed by atoms with E-state index in [9.17, 15) is 4.79 Å². The van der Waals surface area contributed by atoms with Gasteiger partial charge in [-0.05, 0) is 12.5 Å². The molecule has 1 aromatic carbocycles. The number of benzene rings is 1. The van der Waals surface area contributed by atoms with Crippen LogP contribution in [-0.4, -0.2) is 44.6 Å². The Labute approximate surface area is 126 Å². The third-order valence-corrected chi connectivity index (χ3v) is 2.82. The average Bonchev–Trinajstić information content (AvgIpc) is 2.49. The van der Waals surface area contributed by atoms with Gasteiger partial charge in [-0.3, -0.25) is 4.90 Å². The molecule has 21 heavy (non-hydrogen) atoms. The van der Waals surface area contributed by atoms with Gasteiger partial charge in [0, 0.05) is 20.8 Å². The van der Waals surface area contributed by atoms with Gasteiger partial charge in [0.25, 0.3) is 0 Å². The highest BCUT2D eigenvalue weighted by atomic mass is 16.7. The fraction of sp³-hybridized carbons (Fsp3) is 0.438. The minimum atomic E-state index is -0.492. The Morgan fingerprint density at radius 3 is 2.38 bits per heavy atom. The quantitative estimate of drug-likeness (QED) is 0.546. The van der Waals surface area contributed by atoms with Gasteiger partial charge in [-0.15, -0.1) is 0 Å². The van der Waals surface area contributed by atoms with Crippen molar-refractivity contribution in [2.24, 2.45) is 0 Å². The number of nitrogens with zero attached hydrogens (tertiary/aromatic N) is 1. The van der Waals surface area contributed by atoms with Gasteiger partial charge in [-0.2, -0.15) is 0 Å². The van der Waals surface area contributed by atoms with E-state index < -0.39 is 12.4 Å². The summed E-state index contributed by atoms with van der Waals surface area (Å²) in [6.45, 7) is 6.59. The molecule has 0 spiro atoms. The average molecular weight is 293 g/mol. The van der Waals surface area contributed by atoms with Crippen molar-refractivity contribution in [3.05, 3.63) is 48.0 Å². The van der Waals surface area contributed by atoms with E-state index in [0.29, 0.717) is 6.54 Å². The third kappa shape index (κ3) is 6.42. The van der Waals surface area contributed by atoms with Crippen LogP contribution >= 0.6 is 0 Å². The Balaban J connectivity index is 2.59. The van der Waals surface area contributed by atoms with Crippen LogP contribution in [0.25, 0.3) is 0 Å². The normalized spacial score (nSPS) is 10.5. The molecule has 1 amide bonds. The summed E-state index contributed by atoms with van der Waals surface area (Å²) in [6, 6.07) is 9.54. The molecular formula is C16H23NO4. The Kier molecular flexibility index (Phi) is 7.50. The van der Waals surface area contributed by atoms with Crippen molar-refractivity contribution < 1.29 is 19.0 Å². The Hall–Kier alpha value is -1.85. The fourth-order valence-corrected chi connectivity index (χ4v) is 1.77. The number of hydrogen-bond acceptors (Lipinski definition) is 4. The number of hydrogen-bond donors (Lipinski definition) is 0. The van der Waals surface area contributed by atoms with Gasteiger partial charge in [0.2, 0.25) is 0 Å². The summed E-state index contributed by atoms with van der Waals surface area (Å²) in [6.07, 6.45) is -0.908. The van der Waals surface area contributed by atoms with Gasteiger partial charge in [0.05, 0.1) is 6.54 Å². The zero-order chi connectivity index (χ0) is 15.7. The molecule has 116 valence electrons. The molecule has 0 saturated heterocycles. The topological polar surface area (TPSA) is 48.0 Å². The van der Waals surface area contributed by atoms with Crippen LogP contribution in [0.3, 0.4) is 0 Å². The van der Waals surface area contributed by atoms with Crippen LogP contribution in [0.15, 0.2) is 42.5 Å². The first-order valence-corrected chi connectivity index (χ1v) is 6.72. The first-order valence-electron chi connectivity index (χ1n) is 6.72. The summed E-state index contributed by atoms with van der Waals surface area (Å²) in [5.41, 5.74) is 1.80. The van der Waals surface area contributed by atoms with Crippen molar-refractivity contribution in [3.8, 4) is 0 Å². The number of carbonyl (C=O) groups is 1. The SMILES string of the molecule is C=C(C)CN(CC(OC)OC)C(=O)OCc1ccccc1. The van der Waals surface area contributed by atoms with Crippen molar-refractivity contribution in [1.29, 1.82) is 0 Å². The summed E-state index contributed by atoms with van der Waals surface area (Å²) in [5.74, 6) is 0. The molecule has 0 aromatic heterocycles. The molecule has 0 fully saturated rings. The molecule has 1 rings (SSSR count). The molecule has 0 saturated carbocycles. The molecule has 0 radical (unpaired) electrons. The third-order valence-electron chi connectivity index (χ3n) is 2.82. The van der Waals surface area contributed by atoms with Crippen molar-refractivity contribution in [3.63, 3.8) is 0 Å². The Morgan fingerprint density at radius 2 is 1.86 bits per heavy atom. The monoisotopic (exact) mass is 293 g/mol.